The van der Waals surface area contributed by atoms with E-state index in [2.05, 4.69) is 71.7 Å². The van der Waals surface area contributed by atoms with Crippen molar-refractivity contribution < 1.29 is 8.83 Å². The number of pyridine rings is 1. The number of benzene rings is 6. The summed E-state index contributed by atoms with van der Waals surface area (Å²) in [5, 5.41) is 7.23. The van der Waals surface area contributed by atoms with Gasteiger partial charge in [-0.25, -0.2) is 15.0 Å². The minimum absolute atomic E-state index is 0.580. The molecule has 6 heteroatoms. The summed E-state index contributed by atoms with van der Waals surface area (Å²) in [6, 6.07) is 43.0. The average Bonchev–Trinajstić information content (AvgIpc) is 3.70. The quantitative estimate of drug-likeness (QED) is 0.204. The molecule has 10 rings (SSSR count). The van der Waals surface area contributed by atoms with Gasteiger partial charge in [-0.05, 0) is 52.6 Å². The van der Waals surface area contributed by atoms with Crippen LogP contribution in [-0.2, 0) is 0 Å². The summed E-state index contributed by atoms with van der Waals surface area (Å²) in [4.78, 5) is 20.0. The fraction of sp³-hybridized carbons (Fsp3) is 0. The van der Waals surface area contributed by atoms with Crippen LogP contribution in [0.2, 0.25) is 0 Å². The zero-order valence-corrected chi connectivity index (χ0v) is 24.3. The van der Waals surface area contributed by atoms with Crippen LogP contribution in [0.1, 0.15) is 0 Å². The van der Waals surface area contributed by atoms with Crippen LogP contribution in [-0.4, -0.2) is 19.9 Å². The lowest BCUT2D eigenvalue weighted by Gasteiger charge is -2.11. The molecule has 4 heterocycles. The minimum atomic E-state index is 0.580. The van der Waals surface area contributed by atoms with Crippen molar-refractivity contribution in [2.45, 2.75) is 0 Å². The lowest BCUT2D eigenvalue weighted by molar-refractivity contribution is 0.669. The fourth-order valence-electron chi connectivity index (χ4n) is 6.64. The molecule has 0 aliphatic heterocycles. The highest BCUT2D eigenvalue weighted by Crippen LogP contribution is 2.39. The molecule has 0 aliphatic carbocycles. The van der Waals surface area contributed by atoms with E-state index in [1.807, 2.05) is 60.7 Å². The number of hydrogen-bond acceptors (Lipinski definition) is 6. The molecule has 0 atom stereocenters. The number of para-hydroxylation sites is 1. The molecule has 10 aromatic rings. The molecule has 0 unspecified atom stereocenters. The van der Waals surface area contributed by atoms with Gasteiger partial charge in [-0.3, -0.25) is 4.98 Å². The summed E-state index contributed by atoms with van der Waals surface area (Å²) in [5.41, 5.74) is 6.72. The second-order valence-corrected chi connectivity index (χ2v) is 11.4. The molecule has 0 bridgehead atoms. The van der Waals surface area contributed by atoms with E-state index in [4.69, 9.17) is 23.8 Å². The molecule has 6 aromatic carbocycles. The number of nitrogens with zero attached hydrogens (tertiary/aromatic N) is 4. The summed E-state index contributed by atoms with van der Waals surface area (Å²) in [7, 11) is 0. The van der Waals surface area contributed by atoms with Gasteiger partial charge in [0, 0.05) is 44.4 Å². The molecule has 214 valence electrons. The molecule has 0 spiro atoms. The Morgan fingerprint density at radius 3 is 2.11 bits per heavy atom. The molecule has 0 saturated carbocycles. The lowest BCUT2D eigenvalue weighted by Crippen LogP contribution is -2.01. The predicted molar refractivity (Wildman–Crippen MR) is 183 cm³/mol. The van der Waals surface area contributed by atoms with Crippen LogP contribution >= 0.6 is 0 Å². The maximum absolute atomic E-state index is 6.34. The Balaban J connectivity index is 1.26. The van der Waals surface area contributed by atoms with E-state index in [-0.39, 0.29) is 0 Å². The molecule has 0 saturated heterocycles. The van der Waals surface area contributed by atoms with Gasteiger partial charge in [0.2, 0.25) is 0 Å². The first-order valence-corrected chi connectivity index (χ1v) is 15.1. The fourth-order valence-corrected chi connectivity index (χ4v) is 6.64. The Morgan fingerprint density at radius 1 is 0.435 bits per heavy atom. The average molecular weight is 591 g/mol. The van der Waals surface area contributed by atoms with Gasteiger partial charge in [-0.1, -0.05) is 91.0 Å². The van der Waals surface area contributed by atoms with Gasteiger partial charge in [-0.2, -0.15) is 0 Å². The van der Waals surface area contributed by atoms with Gasteiger partial charge in [0.1, 0.15) is 22.3 Å². The van der Waals surface area contributed by atoms with Crippen molar-refractivity contribution in [2.75, 3.05) is 0 Å². The van der Waals surface area contributed by atoms with E-state index in [1.54, 1.807) is 6.20 Å². The molecule has 0 N–H and O–H groups in total. The Hall–Kier alpha value is -6.40. The Morgan fingerprint density at radius 2 is 1.15 bits per heavy atom. The highest BCUT2D eigenvalue weighted by molar-refractivity contribution is 6.16. The first-order valence-electron chi connectivity index (χ1n) is 15.1. The summed E-state index contributed by atoms with van der Waals surface area (Å²) >= 11 is 0. The van der Waals surface area contributed by atoms with Crippen molar-refractivity contribution in [2.24, 2.45) is 0 Å². The van der Waals surface area contributed by atoms with Gasteiger partial charge < -0.3 is 8.83 Å². The summed E-state index contributed by atoms with van der Waals surface area (Å²) in [6.07, 6.45) is 1.79. The van der Waals surface area contributed by atoms with Crippen LogP contribution in [0, 0.1) is 0 Å². The van der Waals surface area contributed by atoms with Gasteiger partial charge in [-0.15, -0.1) is 0 Å². The van der Waals surface area contributed by atoms with Crippen molar-refractivity contribution in [1.29, 1.82) is 0 Å². The SMILES string of the molecule is c1ccc2cc(-c3nc(-c4cccc5c4ccc4c6ncccc6oc54)nc(-c4cccc5oc6ccccc6c45)n3)ccc2c1. The van der Waals surface area contributed by atoms with Crippen molar-refractivity contribution in [3.63, 3.8) is 0 Å². The molecule has 0 radical (unpaired) electrons. The number of furan rings is 2. The smallest absolute Gasteiger partial charge is 0.164 e. The van der Waals surface area contributed by atoms with Gasteiger partial charge >= 0.3 is 0 Å². The zero-order valence-electron chi connectivity index (χ0n) is 24.3. The number of hydrogen-bond donors (Lipinski definition) is 0. The Bertz CT molecular complexity index is 2830. The highest BCUT2D eigenvalue weighted by Gasteiger charge is 2.20. The third-order valence-electron chi connectivity index (χ3n) is 8.78. The third kappa shape index (κ3) is 3.70. The van der Waals surface area contributed by atoms with Gasteiger partial charge in [0.15, 0.2) is 23.1 Å². The third-order valence-corrected chi connectivity index (χ3v) is 8.78. The topological polar surface area (TPSA) is 77.8 Å². The normalized spacial score (nSPS) is 11.9. The van der Waals surface area contributed by atoms with E-state index < -0.39 is 0 Å². The minimum Gasteiger partial charge on any atom is -0.456 e. The monoisotopic (exact) mass is 590 g/mol. The Labute approximate surface area is 261 Å². The van der Waals surface area contributed by atoms with E-state index in [0.717, 1.165) is 82.2 Å². The van der Waals surface area contributed by atoms with E-state index in [0.29, 0.717) is 17.5 Å². The first kappa shape index (κ1) is 25.0. The molecular formula is C40H22N4O2. The number of fused-ring (bicyclic) bond motifs is 9. The number of aromatic nitrogens is 4. The largest absolute Gasteiger partial charge is 0.456 e. The second kappa shape index (κ2) is 9.55. The molecule has 0 fully saturated rings. The van der Waals surface area contributed by atoms with Crippen molar-refractivity contribution in [1.82, 2.24) is 19.9 Å². The van der Waals surface area contributed by atoms with Crippen LogP contribution < -0.4 is 0 Å². The van der Waals surface area contributed by atoms with Crippen LogP contribution in [0.25, 0.3) is 99.7 Å². The lowest BCUT2D eigenvalue weighted by atomic mass is 10.0. The predicted octanol–water partition coefficient (Wildman–Crippen LogP) is 10.4. The van der Waals surface area contributed by atoms with Crippen molar-refractivity contribution in [3.05, 3.63) is 134 Å². The summed E-state index contributed by atoms with van der Waals surface area (Å²) in [6.45, 7) is 0. The van der Waals surface area contributed by atoms with Crippen LogP contribution in [0.5, 0.6) is 0 Å². The number of rotatable bonds is 3. The van der Waals surface area contributed by atoms with E-state index in [1.165, 1.54) is 0 Å². The zero-order chi connectivity index (χ0) is 30.2. The van der Waals surface area contributed by atoms with Crippen LogP contribution in [0.3, 0.4) is 0 Å². The molecule has 46 heavy (non-hydrogen) atoms. The van der Waals surface area contributed by atoms with Crippen LogP contribution in [0.15, 0.2) is 142 Å². The van der Waals surface area contributed by atoms with E-state index >= 15 is 0 Å². The summed E-state index contributed by atoms with van der Waals surface area (Å²) < 4.78 is 12.6. The summed E-state index contributed by atoms with van der Waals surface area (Å²) in [5.74, 6) is 1.76. The maximum Gasteiger partial charge on any atom is 0.164 e. The van der Waals surface area contributed by atoms with Gasteiger partial charge in [0.25, 0.3) is 0 Å². The molecule has 6 nitrogen and oxygen atoms in total. The van der Waals surface area contributed by atoms with Crippen molar-refractivity contribution >= 4 is 65.6 Å². The van der Waals surface area contributed by atoms with E-state index in [9.17, 15) is 0 Å². The highest BCUT2D eigenvalue weighted by atomic mass is 16.3. The van der Waals surface area contributed by atoms with Crippen molar-refractivity contribution in [3.8, 4) is 34.2 Å². The molecule has 0 aliphatic rings. The maximum atomic E-state index is 6.34. The van der Waals surface area contributed by atoms with Gasteiger partial charge in [0.05, 0.1) is 0 Å². The standard InChI is InChI=1S/C40H22N4O2/c1-2-9-24-22-25(18-17-23(24)8-1)38-42-39(44-40(43-38)30-13-6-15-33-35(30)29-10-3-4-14-32(29)45-33)28-12-5-11-27-26(28)19-20-31-36-34(46-37(27)31)16-7-21-41-36/h1-22H. The molecule has 0 amide bonds. The molecule has 4 aromatic heterocycles. The molecular weight excluding hydrogens is 568 g/mol. The second-order valence-electron chi connectivity index (χ2n) is 11.4. The first-order chi connectivity index (χ1) is 22.8. The Kier molecular flexibility index (Phi) is 5.19. The van der Waals surface area contributed by atoms with Crippen LogP contribution in [0.4, 0.5) is 0 Å².